The first-order valence-corrected chi connectivity index (χ1v) is 11.9. The van der Waals surface area contributed by atoms with Gasteiger partial charge >= 0.3 is 24.2 Å². The topological polar surface area (TPSA) is 114 Å². The number of benzene rings is 3. The number of urea groups is 2. The number of aromatic carboxylic acids is 1. The molecule has 0 saturated heterocycles. The van der Waals surface area contributed by atoms with Crippen molar-refractivity contribution in [3.05, 3.63) is 88.7 Å². The van der Waals surface area contributed by atoms with Crippen LogP contribution in [0.4, 0.5) is 44.2 Å². The number of halogens is 4. The van der Waals surface area contributed by atoms with E-state index in [1.54, 1.807) is 30.3 Å². The molecule has 206 valence electrons. The van der Waals surface area contributed by atoms with E-state index in [4.69, 9.17) is 0 Å². The number of alkyl halides is 3. The number of fused-ring (bicyclic) bond motifs is 3. The first kappa shape index (κ1) is 26.7. The Morgan fingerprint density at radius 3 is 2.50 bits per heavy atom. The Kier molecular flexibility index (Phi) is 6.65. The fourth-order valence-electron chi connectivity index (χ4n) is 4.51. The maximum atomic E-state index is 14.1. The molecule has 40 heavy (non-hydrogen) atoms. The highest BCUT2D eigenvalue weighted by Gasteiger charge is 2.35. The van der Waals surface area contributed by atoms with Crippen LogP contribution < -0.4 is 15.5 Å². The first-order valence-electron chi connectivity index (χ1n) is 11.9. The number of hydrogen-bond donors (Lipinski definition) is 3. The van der Waals surface area contributed by atoms with Crippen LogP contribution in [0.5, 0.6) is 0 Å². The highest BCUT2D eigenvalue weighted by atomic mass is 19.4. The van der Waals surface area contributed by atoms with Crippen molar-refractivity contribution in [3.8, 4) is 0 Å². The van der Waals surface area contributed by atoms with Gasteiger partial charge in [0.25, 0.3) is 0 Å². The van der Waals surface area contributed by atoms with Gasteiger partial charge in [-0.15, -0.1) is 0 Å². The molecule has 13 heteroatoms. The van der Waals surface area contributed by atoms with Gasteiger partial charge in [-0.2, -0.15) is 13.2 Å². The van der Waals surface area contributed by atoms with Gasteiger partial charge in [-0.3, -0.25) is 14.8 Å². The number of carboxylic acid groups (broad SMARTS) is 1. The normalized spacial score (nSPS) is 16.3. The quantitative estimate of drug-likeness (QED) is 0.364. The fraction of sp³-hybridized carbons (Fsp3) is 0.185. The molecule has 3 aromatic carbocycles. The molecule has 2 aliphatic heterocycles. The van der Waals surface area contributed by atoms with Crippen LogP contribution >= 0.6 is 0 Å². The van der Waals surface area contributed by atoms with Crippen LogP contribution in [-0.4, -0.2) is 54.0 Å². The molecule has 9 nitrogen and oxygen atoms in total. The van der Waals surface area contributed by atoms with Crippen molar-refractivity contribution >= 4 is 40.9 Å². The Balaban J connectivity index is 1.30. The molecule has 0 fully saturated rings. The zero-order chi connectivity index (χ0) is 28.8. The third-order valence-electron chi connectivity index (χ3n) is 6.71. The lowest BCUT2D eigenvalue weighted by molar-refractivity contribution is -0.137. The molecule has 1 atom stereocenters. The van der Waals surface area contributed by atoms with Crippen molar-refractivity contribution in [3.63, 3.8) is 0 Å². The van der Waals surface area contributed by atoms with Crippen molar-refractivity contribution in [2.75, 3.05) is 35.7 Å². The predicted octanol–water partition coefficient (Wildman–Crippen LogP) is 5.60. The second-order valence-corrected chi connectivity index (χ2v) is 9.24. The van der Waals surface area contributed by atoms with E-state index in [-0.39, 0.29) is 11.5 Å². The largest absolute Gasteiger partial charge is 0.478 e. The van der Waals surface area contributed by atoms with Crippen LogP contribution in [0, 0.1) is 5.82 Å². The summed E-state index contributed by atoms with van der Waals surface area (Å²) in [5.74, 6) is -1.85. The Hall–Kier alpha value is -4.94. The second-order valence-electron chi connectivity index (χ2n) is 9.24. The number of hydrogen-bond acceptors (Lipinski definition) is 4. The van der Waals surface area contributed by atoms with Crippen LogP contribution in [0.15, 0.2) is 65.7 Å². The molecule has 3 aromatic rings. The summed E-state index contributed by atoms with van der Waals surface area (Å²) >= 11 is 0. The van der Waals surface area contributed by atoms with Crippen LogP contribution in [-0.2, 0) is 6.18 Å². The van der Waals surface area contributed by atoms with Crippen molar-refractivity contribution in [1.29, 1.82) is 0 Å². The van der Waals surface area contributed by atoms with Gasteiger partial charge in [0, 0.05) is 37.3 Å². The molecule has 2 aliphatic rings. The number of carbonyl (C=O) groups is 3. The molecule has 4 amide bonds. The molecule has 0 aromatic heterocycles. The first-order chi connectivity index (χ1) is 18.9. The van der Waals surface area contributed by atoms with Crippen LogP contribution in [0.2, 0.25) is 0 Å². The van der Waals surface area contributed by atoms with Crippen molar-refractivity contribution in [1.82, 2.24) is 4.90 Å². The van der Waals surface area contributed by atoms with E-state index in [0.29, 0.717) is 54.1 Å². The average molecular weight is 555 g/mol. The number of aliphatic imine (C=N–C) groups is 1. The molecule has 1 unspecified atom stereocenters. The lowest BCUT2D eigenvalue weighted by Crippen LogP contribution is -2.49. The summed E-state index contributed by atoms with van der Waals surface area (Å²) in [6.45, 7) is 0.652. The zero-order valence-electron chi connectivity index (χ0n) is 20.8. The molecule has 3 N–H and O–H groups in total. The van der Waals surface area contributed by atoms with Crippen molar-refractivity contribution < 1.29 is 37.1 Å². The highest BCUT2D eigenvalue weighted by molar-refractivity contribution is 6.19. The van der Waals surface area contributed by atoms with E-state index in [1.165, 1.54) is 24.1 Å². The number of rotatable bonds is 4. The Bertz CT molecular complexity index is 1560. The summed E-state index contributed by atoms with van der Waals surface area (Å²) in [4.78, 5) is 43.8. The second kappa shape index (κ2) is 9.98. The highest BCUT2D eigenvalue weighted by Crippen LogP contribution is 2.33. The minimum Gasteiger partial charge on any atom is -0.478 e. The van der Waals surface area contributed by atoms with Crippen molar-refractivity contribution in [2.45, 2.75) is 12.1 Å². The maximum Gasteiger partial charge on any atom is 0.416 e. The number of carboxylic acids is 1. The fourth-order valence-corrected chi connectivity index (χ4v) is 4.51. The van der Waals surface area contributed by atoms with E-state index in [2.05, 4.69) is 15.6 Å². The van der Waals surface area contributed by atoms with Gasteiger partial charge in [0.2, 0.25) is 0 Å². The Morgan fingerprint density at radius 2 is 1.82 bits per heavy atom. The molecule has 0 radical (unpaired) electrons. The van der Waals surface area contributed by atoms with Gasteiger partial charge in [-0.1, -0.05) is 12.1 Å². The molecule has 2 heterocycles. The summed E-state index contributed by atoms with van der Waals surface area (Å²) in [5, 5.41) is 14.1. The molecular formula is C27H21F4N5O4. The molecule has 0 bridgehead atoms. The monoisotopic (exact) mass is 555 g/mol. The molecule has 5 rings (SSSR count). The van der Waals surface area contributed by atoms with Gasteiger partial charge in [0.15, 0.2) is 0 Å². The maximum absolute atomic E-state index is 14.1. The van der Waals surface area contributed by atoms with Gasteiger partial charge in [0.05, 0.1) is 22.5 Å². The number of carbonyl (C=O) groups excluding carboxylic acids is 2. The minimum atomic E-state index is -4.69. The Labute approximate surface area is 224 Å². The third-order valence-corrected chi connectivity index (χ3v) is 6.71. The molecule has 0 spiro atoms. The predicted molar refractivity (Wildman–Crippen MR) is 139 cm³/mol. The van der Waals surface area contributed by atoms with E-state index in [9.17, 15) is 37.1 Å². The minimum absolute atomic E-state index is 0.0421. The van der Waals surface area contributed by atoms with Crippen molar-refractivity contribution in [2.24, 2.45) is 4.99 Å². The lowest BCUT2D eigenvalue weighted by Gasteiger charge is -2.36. The van der Waals surface area contributed by atoms with Gasteiger partial charge in [0.1, 0.15) is 11.7 Å². The van der Waals surface area contributed by atoms with Gasteiger partial charge in [-0.05, 0) is 54.1 Å². The average Bonchev–Trinajstić information content (AvgIpc) is 2.92. The van der Waals surface area contributed by atoms with E-state index >= 15 is 0 Å². The molecular weight excluding hydrogens is 534 g/mol. The van der Waals surface area contributed by atoms with Gasteiger partial charge < -0.3 is 15.7 Å². The summed E-state index contributed by atoms with van der Waals surface area (Å²) in [6, 6.07) is 11.6. The Morgan fingerprint density at radius 1 is 1.10 bits per heavy atom. The smallest absolute Gasteiger partial charge is 0.416 e. The number of anilines is 3. The summed E-state index contributed by atoms with van der Waals surface area (Å²) < 4.78 is 53.0. The SMILES string of the molecule is CN(C(=O)Nc1cc(C(F)(F)F)ccc1F)c1ccc(C2CN=C3c4ccc(C(=O)O)cc4NC(=O)N3C2)cc1. The number of nitrogens with one attached hydrogen (secondary N) is 2. The number of nitrogens with zero attached hydrogens (tertiary/aromatic N) is 3. The summed E-state index contributed by atoms with van der Waals surface area (Å²) in [7, 11) is 1.39. The number of amides is 4. The standard InChI is InChI=1S/C27H21F4N5O4/c1-35(25(39)34-22-11-17(27(29,30)31)5-9-20(22)28)18-6-2-14(3-7-18)16-12-32-23-19-8-4-15(24(37)38)10-21(19)33-26(40)36(23)13-16/h2-11,16H,12-13H2,1H3,(H,33,40)(H,34,39)(H,37,38). The van der Waals surface area contributed by atoms with E-state index in [0.717, 1.165) is 10.5 Å². The summed E-state index contributed by atoms with van der Waals surface area (Å²) in [5.41, 5.74) is 0.555. The van der Waals surface area contributed by atoms with E-state index < -0.39 is 41.3 Å². The van der Waals surface area contributed by atoms with Gasteiger partial charge in [-0.25, -0.2) is 18.8 Å². The lowest BCUT2D eigenvalue weighted by atomic mass is 9.95. The number of amidine groups is 1. The van der Waals surface area contributed by atoms with E-state index in [1.807, 2.05) is 0 Å². The molecule has 0 aliphatic carbocycles. The zero-order valence-corrected chi connectivity index (χ0v) is 20.8. The molecule has 0 saturated carbocycles. The van der Waals surface area contributed by atoms with Crippen LogP contribution in [0.3, 0.4) is 0 Å². The summed E-state index contributed by atoms with van der Waals surface area (Å²) in [6.07, 6.45) is -4.69. The third kappa shape index (κ3) is 5.05. The van der Waals surface area contributed by atoms with Crippen LogP contribution in [0.25, 0.3) is 0 Å². The van der Waals surface area contributed by atoms with Crippen LogP contribution in [0.1, 0.15) is 33.0 Å².